The summed E-state index contributed by atoms with van der Waals surface area (Å²) in [4.78, 5) is 28.8. The molecule has 0 atom stereocenters. The highest BCUT2D eigenvalue weighted by Gasteiger charge is 2.13. The van der Waals surface area contributed by atoms with Crippen molar-refractivity contribution >= 4 is 23.7 Å². The number of para-hydroxylation sites is 1. The van der Waals surface area contributed by atoms with Crippen LogP contribution in [0.2, 0.25) is 0 Å². The minimum absolute atomic E-state index is 0.289. The lowest BCUT2D eigenvalue weighted by Crippen LogP contribution is -2.21. The van der Waals surface area contributed by atoms with Gasteiger partial charge in [0.05, 0.1) is 23.2 Å². The van der Waals surface area contributed by atoms with Crippen molar-refractivity contribution in [3.63, 3.8) is 0 Å². The fraction of sp³-hybridized carbons (Fsp3) is 0. The molecule has 26 heavy (non-hydrogen) atoms. The molecular weight excluding hydrogens is 328 g/mol. The van der Waals surface area contributed by atoms with E-state index in [0.717, 1.165) is 0 Å². The van der Waals surface area contributed by atoms with Gasteiger partial charge in [0.15, 0.2) is 0 Å². The smallest absolute Gasteiger partial charge is 0.273 e. The quantitative estimate of drug-likeness (QED) is 0.551. The van der Waals surface area contributed by atoms with E-state index in [0.29, 0.717) is 22.5 Å². The average Bonchev–Trinajstić information content (AvgIpc) is 2.70. The molecule has 2 aromatic carbocycles. The summed E-state index contributed by atoms with van der Waals surface area (Å²) < 4.78 is 0. The van der Waals surface area contributed by atoms with E-state index in [4.69, 9.17) is 0 Å². The van der Waals surface area contributed by atoms with Crippen LogP contribution in [0.1, 0.15) is 26.4 Å². The molecule has 3 aromatic rings. The minimum Gasteiger partial charge on any atom is -0.321 e. The monoisotopic (exact) mass is 344 g/mol. The first-order valence-corrected chi connectivity index (χ1v) is 7.94. The van der Waals surface area contributed by atoms with Crippen LogP contribution in [0.15, 0.2) is 84.1 Å². The van der Waals surface area contributed by atoms with Crippen LogP contribution in [0.25, 0.3) is 0 Å². The second kappa shape index (κ2) is 8.34. The summed E-state index contributed by atoms with van der Waals surface area (Å²) in [5, 5.41) is 6.65. The predicted octanol–water partition coefficient (Wildman–Crippen LogP) is 3.10. The van der Waals surface area contributed by atoms with Crippen molar-refractivity contribution in [2.24, 2.45) is 5.10 Å². The molecule has 128 valence electrons. The molecule has 0 aliphatic rings. The average molecular weight is 344 g/mol. The van der Waals surface area contributed by atoms with Gasteiger partial charge in [0.25, 0.3) is 11.8 Å². The Morgan fingerprint density at radius 1 is 0.846 bits per heavy atom. The number of nitrogens with one attached hydrogen (secondary N) is 2. The molecule has 1 heterocycles. The Kier molecular flexibility index (Phi) is 5.47. The van der Waals surface area contributed by atoms with Crippen LogP contribution in [0, 0.1) is 0 Å². The van der Waals surface area contributed by atoms with Crippen LogP contribution in [-0.4, -0.2) is 23.0 Å². The standard InChI is InChI=1S/C20H16N4O2/c25-19(15-8-2-1-3-9-15)23-18-12-5-4-11-17(18)20(26)24-22-14-16-10-6-7-13-21-16/h1-14H,(H,23,25)(H,24,26). The second-order valence-electron chi connectivity index (χ2n) is 5.32. The van der Waals surface area contributed by atoms with Gasteiger partial charge in [-0.15, -0.1) is 0 Å². The molecule has 0 aliphatic heterocycles. The number of amides is 2. The number of pyridine rings is 1. The van der Waals surface area contributed by atoms with Gasteiger partial charge in [-0.2, -0.15) is 5.10 Å². The molecule has 0 saturated carbocycles. The molecule has 0 bridgehead atoms. The molecule has 0 saturated heterocycles. The van der Waals surface area contributed by atoms with Crippen LogP contribution in [0.4, 0.5) is 5.69 Å². The van der Waals surface area contributed by atoms with Gasteiger partial charge >= 0.3 is 0 Å². The number of carbonyl (C=O) groups is 2. The fourth-order valence-corrected chi connectivity index (χ4v) is 2.24. The van der Waals surface area contributed by atoms with Crippen LogP contribution in [0.3, 0.4) is 0 Å². The normalized spacial score (nSPS) is 10.5. The number of hydrogen-bond acceptors (Lipinski definition) is 4. The number of hydrogen-bond donors (Lipinski definition) is 2. The fourth-order valence-electron chi connectivity index (χ4n) is 2.24. The molecule has 0 spiro atoms. The Bertz CT molecular complexity index is 925. The lowest BCUT2D eigenvalue weighted by atomic mass is 10.1. The predicted molar refractivity (Wildman–Crippen MR) is 100 cm³/mol. The van der Waals surface area contributed by atoms with Gasteiger partial charge in [0.2, 0.25) is 0 Å². The van der Waals surface area contributed by atoms with Crippen LogP contribution in [-0.2, 0) is 0 Å². The van der Waals surface area contributed by atoms with E-state index >= 15 is 0 Å². The minimum atomic E-state index is -0.429. The van der Waals surface area contributed by atoms with Crippen molar-refractivity contribution in [1.82, 2.24) is 10.4 Å². The summed E-state index contributed by atoms with van der Waals surface area (Å²) in [6.45, 7) is 0. The number of rotatable bonds is 5. The Morgan fingerprint density at radius 2 is 1.58 bits per heavy atom. The molecule has 6 heteroatoms. The number of anilines is 1. The summed E-state index contributed by atoms with van der Waals surface area (Å²) in [7, 11) is 0. The third-order valence-electron chi connectivity index (χ3n) is 3.51. The van der Waals surface area contributed by atoms with Gasteiger partial charge in [-0.1, -0.05) is 36.4 Å². The molecule has 6 nitrogen and oxygen atoms in total. The first-order chi connectivity index (χ1) is 12.7. The summed E-state index contributed by atoms with van der Waals surface area (Å²) in [5.74, 6) is -0.719. The maximum absolute atomic E-state index is 12.4. The first-order valence-electron chi connectivity index (χ1n) is 7.94. The third-order valence-corrected chi connectivity index (χ3v) is 3.51. The van der Waals surface area contributed by atoms with Crippen molar-refractivity contribution in [2.75, 3.05) is 5.32 Å². The third kappa shape index (κ3) is 4.39. The summed E-state index contributed by atoms with van der Waals surface area (Å²) in [6, 6.07) is 20.9. The Balaban J connectivity index is 1.71. The van der Waals surface area contributed by atoms with E-state index < -0.39 is 5.91 Å². The van der Waals surface area contributed by atoms with Gasteiger partial charge in [-0.05, 0) is 36.4 Å². The SMILES string of the molecule is O=C(Nc1ccccc1C(=O)NN=Cc1ccccn1)c1ccccc1. The molecule has 3 rings (SSSR count). The lowest BCUT2D eigenvalue weighted by molar-refractivity contribution is 0.0956. The summed E-state index contributed by atoms with van der Waals surface area (Å²) >= 11 is 0. The number of benzene rings is 2. The summed E-state index contributed by atoms with van der Waals surface area (Å²) in [5.41, 5.74) is 4.30. The second-order valence-corrected chi connectivity index (χ2v) is 5.32. The molecule has 0 aliphatic carbocycles. The zero-order valence-electron chi connectivity index (χ0n) is 13.8. The van der Waals surface area contributed by atoms with Crippen molar-refractivity contribution in [3.8, 4) is 0 Å². The van der Waals surface area contributed by atoms with E-state index in [9.17, 15) is 9.59 Å². The van der Waals surface area contributed by atoms with E-state index in [-0.39, 0.29) is 5.91 Å². The molecule has 0 radical (unpaired) electrons. The Hall–Kier alpha value is -3.80. The molecular formula is C20H16N4O2. The zero-order chi connectivity index (χ0) is 18.2. The zero-order valence-corrected chi connectivity index (χ0v) is 13.8. The number of aromatic nitrogens is 1. The summed E-state index contributed by atoms with van der Waals surface area (Å²) in [6.07, 6.45) is 3.08. The molecule has 0 fully saturated rings. The highest BCUT2D eigenvalue weighted by molar-refractivity contribution is 6.09. The van der Waals surface area contributed by atoms with Crippen LogP contribution >= 0.6 is 0 Å². The van der Waals surface area contributed by atoms with Crippen molar-refractivity contribution in [1.29, 1.82) is 0 Å². The Morgan fingerprint density at radius 3 is 2.35 bits per heavy atom. The number of hydrazone groups is 1. The van der Waals surface area contributed by atoms with Crippen LogP contribution < -0.4 is 10.7 Å². The van der Waals surface area contributed by atoms with Gasteiger partial charge in [0.1, 0.15) is 0 Å². The Labute approximate surface area is 150 Å². The number of carbonyl (C=O) groups excluding carboxylic acids is 2. The molecule has 1 aromatic heterocycles. The van der Waals surface area contributed by atoms with Crippen LogP contribution in [0.5, 0.6) is 0 Å². The molecule has 2 N–H and O–H groups in total. The van der Waals surface area contributed by atoms with Gasteiger partial charge < -0.3 is 5.32 Å². The largest absolute Gasteiger partial charge is 0.321 e. The van der Waals surface area contributed by atoms with Gasteiger partial charge in [0, 0.05) is 11.8 Å². The molecule has 2 amide bonds. The highest BCUT2D eigenvalue weighted by Crippen LogP contribution is 2.16. The lowest BCUT2D eigenvalue weighted by Gasteiger charge is -2.10. The van der Waals surface area contributed by atoms with E-state index in [1.54, 1.807) is 66.9 Å². The first kappa shape index (κ1) is 17.0. The van der Waals surface area contributed by atoms with Gasteiger partial charge in [-0.3, -0.25) is 14.6 Å². The maximum atomic E-state index is 12.4. The van der Waals surface area contributed by atoms with Crippen molar-refractivity contribution < 1.29 is 9.59 Å². The number of nitrogens with zero attached hydrogens (tertiary/aromatic N) is 2. The van der Waals surface area contributed by atoms with Crippen molar-refractivity contribution in [3.05, 3.63) is 95.8 Å². The van der Waals surface area contributed by atoms with E-state index in [1.807, 2.05) is 12.1 Å². The topological polar surface area (TPSA) is 83.5 Å². The maximum Gasteiger partial charge on any atom is 0.273 e. The van der Waals surface area contributed by atoms with E-state index in [2.05, 4.69) is 20.8 Å². The van der Waals surface area contributed by atoms with E-state index in [1.165, 1.54) is 6.21 Å². The molecule has 0 unspecified atom stereocenters. The van der Waals surface area contributed by atoms with Gasteiger partial charge in [-0.25, -0.2) is 5.43 Å². The van der Waals surface area contributed by atoms with Crippen molar-refractivity contribution in [2.45, 2.75) is 0 Å². The highest BCUT2D eigenvalue weighted by atomic mass is 16.2.